The Bertz CT molecular complexity index is 471. The molecule has 0 radical (unpaired) electrons. The van der Waals surface area contributed by atoms with Crippen LogP contribution in [-0.2, 0) is 11.0 Å². The largest absolute Gasteiger partial charge is 0.480 e. The van der Waals surface area contributed by atoms with Crippen molar-refractivity contribution in [1.82, 2.24) is 9.78 Å². The number of hydrogen-bond acceptors (Lipinski definition) is 3. The normalized spacial score (nSPS) is 28.6. The SMILES string of the molecule is NC1(C(=O)O)CCC(n2ccc(C(F)(F)F)n2)C1. The number of halogens is 3. The number of hydrogen-bond donors (Lipinski definition) is 2. The number of rotatable bonds is 2. The average Bonchev–Trinajstić information content (AvgIpc) is 2.82. The maximum Gasteiger partial charge on any atom is 0.435 e. The molecule has 18 heavy (non-hydrogen) atoms. The van der Waals surface area contributed by atoms with Crippen molar-refractivity contribution in [1.29, 1.82) is 0 Å². The quantitative estimate of drug-likeness (QED) is 0.845. The van der Waals surface area contributed by atoms with Gasteiger partial charge in [-0.2, -0.15) is 18.3 Å². The van der Waals surface area contributed by atoms with Crippen LogP contribution >= 0.6 is 0 Å². The van der Waals surface area contributed by atoms with Crippen LogP contribution in [-0.4, -0.2) is 26.4 Å². The second kappa shape index (κ2) is 3.98. The lowest BCUT2D eigenvalue weighted by atomic mass is 9.99. The van der Waals surface area contributed by atoms with Gasteiger partial charge >= 0.3 is 12.1 Å². The second-order valence-electron chi connectivity index (χ2n) is 4.54. The van der Waals surface area contributed by atoms with Crippen LogP contribution in [0.5, 0.6) is 0 Å². The molecule has 0 aromatic carbocycles. The van der Waals surface area contributed by atoms with Gasteiger partial charge in [0.05, 0.1) is 6.04 Å². The van der Waals surface area contributed by atoms with Crippen LogP contribution in [0.15, 0.2) is 12.3 Å². The molecule has 0 amide bonds. The second-order valence-corrected chi connectivity index (χ2v) is 4.54. The number of carbonyl (C=O) groups is 1. The zero-order valence-electron chi connectivity index (χ0n) is 9.31. The van der Waals surface area contributed by atoms with Crippen LogP contribution in [0.3, 0.4) is 0 Å². The van der Waals surface area contributed by atoms with Gasteiger partial charge in [-0.15, -0.1) is 0 Å². The smallest absolute Gasteiger partial charge is 0.435 e. The first-order chi connectivity index (χ1) is 8.22. The topological polar surface area (TPSA) is 81.1 Å². The molecular formula is C10H12F3N3O2. The number of nitrogens with zero attached hydrogens (tertiary/aromatic N) is 2. The fourth-order valence-electron chi connectivity index (χ4n) is 2.16. The maximum absolute atomic E-state index is 12.4. The van der Waals surface area contributed by atoms with Crippen molar-refractivity contribution in [2.45, 2.75) is 37.0 Å². The molecule has 5 nitrogen and oxygen atoms in total. The molecule has 0 spiro atoms. The van der Waals surface area contributed by atoms with Crippen molar-refractivity contribution in [2.75, 3.05) is 0 Å². The van der Waals surface area contributed by atoms with E-state index in [0.29, 0.717) is 6.42 Å². The van der Waals surface area contributed by atoms with Gasteiger partial charge in [-0.3, -0.25) is 9.48 Å². The van der Waals surface area contributed by atoms with E-state index in [9.17, 15) is 18.0 Å². The molecule has 1 aliphatic carbocycles. The summed E-state index contributed by atoms with van der Waals surface area (Å²) in [5.41, 5.74) is 3.31. The summed E-state index contributed by atoms with van der Waals surface area (Å²) < 4.78 is 38.3. The Hall–Kier alpha value is -1.57. The Morgan fingerprint density at radius 2 is 2.28 bits per heavy atom. The van der Waals surface area contributed by atoms with Gasteiger partial charge < -0.3 is 10.8 Å². The van der Waals surface area contributed by atoms with E-state index in [1.807, 2.05) is 0 Å². The summed E-state index contributed by atoms with van der Waals surface area (Å²) in [6.45, 7) is 0. The Balaban J connectivity index is 2.15. The molecule has 2 rings (SSSR count). The highest BCUT2D eigenvalue weighted by atomic mass is 19.4. The van der Waals surface area contributed by atoms with Crippen molar-refractivity contribution in [3.05, 3.63) is 18.0 Å². The molecule has 1 fully saturated rings. The molecule has 0 bridgehead atoms. The third-order valence-electron chi connectivity index (χ3n) is 3.22. The zero-order valence-corrected chi connectivity index (χ0v) is 9.31. The fraction of sp³-hybridized carbons (Fsp3) is 0.600. The van der Waals surface area contributed by atoms with Gasteiger partial charge in [0.1, 0.15) is 5.54 Å². The van der Waals surface area contributed by atoms with Crippen molar-refractivity contribution < 1.29 is 23.1 Å². The average molecular weight is 263 g/mol. The first kappa shape index (κ1) is 12.9. The number of carboxylic acids is 1. The Labute approximate surface area is 100 Å². The number of aromatic nitrogens is 2. The molecule has 100 valence electrons. The lowest BCUT2D eigenvalue weighted by Crippen LogP contribution is -2.45. The van der Waals surface area contributed by atoms with Gasteiger partial charge in [0.2, 0.25) is 0 Å². The van der Waals surface area contributed by atoms with Gasteiger partial charge in [-0.25, -0.2) is 0 Å². The van der Waals surface area contributed by atoms with Crippen LogP contribution in [0.4, 0.5) is 13.2 Å². The molecule has 0 saturated heterocycles. The summed E-state index contributed by atoms with van der Waals surface area (Å²) in [5.74, 6) is -1.13. The molecular weight excluding hydrogens is 251 g/mol. The minimum absolute atomic E-state index is 0.0846. The minimum Gasteiger partial charge on any atom is -0.480 e. The molecule has 1 aromatic rings. The van der Waals surface area contributed by atoms with E-state index in [2.05, 4.69) is 5.10 Å². The van der Waals surface area contributed by atoms with Gasteiger partial charge in [0.25, 0.3) is 0 Å². The van der Waals surface area contributed by atoms with E-state index in [-0.39, 0.29) is 12.8 Å². The first-order valence-electron chi connectivity index (χ1n) is 5.37. The third-order valence-corrected chi connectivity index (χ3v) is 3.22. The standard InChI is InChI=1S/C10H12F3N3O2/c11-10(12,13)7-2-4-16(15-7)6-1-3-9(14,5-6)8(17)18/h2,4,6H,1,3,5,14H2,(H,17,18). The molecule has 0 aliphatic heterocycles. The highest BCUT2D eigenvalue weighted by Crippen LogP contribution is 2.37. The Morgan fingerprint density at radius 1 is 1.61 bits per heavy atom. The van der Waals surface area contributed by atoms with E-state index in [4.69, 9.17) is 10.8 Å². The summed E-state index contributed by atoms with van der Waals surface area (Å²) in [5, 5.41) is 12.4. The van der Waals surface area contributed by atoms with Gasteiger partial charge in [0, 0.05) is 6.20 Å². The van der Waals surface area contributed by atoms with E-state index in [0.717, 1.165) is 10.7 Å². The number of alkyl halides is 3. The number of aliphatic carboxylic acids is 1. The zero-order chi connectivity index (χ0) is 13.6. The minimum atomic E-state index is -4.49. The highest BCUT2D eigenvalue weighted by molar-refractivity contribution is 5.78. The Kier molecular flexibility index (Phi) is 2.84. The van der Waals surface area contributed by atoms with Crippen LogP contribution in [0, 0.1) is 0 Å². The first-order valence-corrected chi connectivity index (χ1v) is 5.37. The van der Waals surface area contributed by atoms with Crippen molar-refractivity contribution >= 4 is 5.97 Å². The highest BCUT2D eigenvalue weighted by Gasteiger charge is 2.43. The van der Waals surface area contributed by atoms with Crippen LogP contribution in [0.2, 0.25) is 0 Å². The van der Waals surface area contributed by atoms with Crippen molar-refractivity contribution in [3.8, 4) is 0 Å². The van der Waals surface area contributed by atoms with Crippen LogP contribution < -0.4 is 5.73 Å². The number of nitrogens with two attached hydrogens (primary N) is 1. The van der Waals surface area contributed by atoms with Crippen molar-refractivity contribution in [2.24, 2.45) is 5.73 Å². The fourth-order valence-corrected chi connectivity index (χ4v) is 2.16. The molecule has 1 aliphatic rings. The third kappa shape index (κ3) is 2.20. The molecule has 2 unspecified atom stereocenters. The van der Waals surface area contributed by atoms with Crippen LogP contribution in [0.1, 0.15) is 31.0 Å². The lowest BCUT2D eigenvalue weighted by Gasteiger charge is -2.18. The molecule has 1 heterocycles. The molecule has 3 N–H and O–H groups in total. The van der Waals surface area contributed by atoms with Crippen molar-refractivity contribution in [3.63, 3.8) is 0 Å². The van der Waals surface area contributed by atoms with Gasteiger partial charge in [0.15, 0.2) is 5.69 Å². The predicted molar refractivity (Wildman–Crippen MR) is 54.7 cm³/mol. The molecule has 2 atom stereocenters. The summed E-state index contributed by atoms with van der Waals surface area (Å²) in [6, 6.07) is 0.472. The van der Waals surface area contributed by atoms with E-state index in [1.54, 1.807) is 0 Å². The van der Waals surface area contributed by atoms with Crippen LogP contribution in [0.25, 0.3) is 0 Å². The summed E-state index contributed by atoms with van der Waals surface area (Å²) in [7, 11) is 0. The Morgan fingerprint density at radius 3 is 2.72 bits per heavy atom. The predicted octanol–water partition coefficient (Wildman–Crippen LogP) is 1.41. The summed E-state index contributed by atoms with van der Waals surface area (Å²) in [6.07, 6.45) is -2.56. The molecule has 8 heteroatoms. The molecule has 1 saturated carbocycles. The number of carboxylic acid groups (broad SMARTS) is 1. The van der Waals surface area contributed by atoms with Gasteiger partial charge in [-0.1, -0.05) is 0 Å². The maximum atomic E-state index is 12.4. The van der Waals surface area contributed by atoms with E-state index < -0.39 is 29.4 Å². The summed E-state index contributed by atoms with van der Waals surface area (Å²) >= 11 is 0. The van der Waals surface area contributed by atoms with Gasteiger partial charge in [-0.05, 0) is 25.3 Å². The monoisotopic (exact) mass is 263 g/mol. The summed E-state index contributed by atoms with van der Waals surface area (Å²) in [4.78, 5) is 10.9. The van der Waals surface area contributed by atoms with E-state index >= 15 is 0 Å². The van der Waals surface area contributed by atoms with E-state index in [1.165, 1.54) is 6.20 Å². The lowest BCUT2D eigenvalue weighted by molar-refractivity contribution is -0.143. The molecule has 1 aromatic heterocycles.